The molecule has 0 amide bonds. The van der Waals surface area contributed by atoms with Crippen molar-refractivity contribution in [1.82, 2.24) is 0 Å². The molecular weight excluding hydrogens is 174 g/mol. The van der Waals surface area contributed by atoms with Crippen LogP contribution in [0.25, 0.3) is 0 Å². The third-order valence-electron chi connectivity index (χ3n) is 2.76. The lowest BCUT2D eigenvalue weighted by Gasteiger charge is -2.19. The molecular formula is C12H15NO. The Labute approximate surface area is 84.3 Å². The number of rotatable bonds is 1. The molecule has 0 saturated carbocycles. The molecule has 1 unspecified atom stereocenters. The zero-order valence-electron chi connectivity index (χ0n) is 8.62. The summed E-state index contributed by atoms with van der Waals surface area (Å²) in [4.78, 5) is 4.41. The lowest BCUT2D eigenvalue weighted by Crippen LogP contribution is -2.13. The van der Waals surface area contributed by atoms with Gasteiger partial charge < -0.3 is 5.11 Å². The van der Waals surface area contributed by atoms with Crippen molar-refractivity contribution >= 4 is 5.71 Å². The fourth-order valence-electron chi connectivity index (χ4n) is 2.03. The summed E-state index contributed by atoms with van der Waals surface area (Å²) in [7, 11) is 0. The highest BCUT2D eigenvalue weighted by molar-refractivity contribution is 6.01. The molecule has 1 aliphatic rings. The van der Waals surface area contributed by atoms with Gasteiger partial charge in [-0.15, -0.1) is 0 Å². The van der Waals surface area contributed by atoms with E-state index in [1.807, 2.05) is 26.0 Å². The van der Waals surface area contributed by atoms with E-state index >= 15 is 0 Å². The van der Waals surface area contributed by atoms with Gasteiger partial charge in [-0.2, -0.15) is 0 Å². The number of aliphatic hydroxyl groups excluding tert-OH is 1. The van der Waals surface area contributed by atoms with Crippen molar-refractivity contribution in [2.24, 2.45) is 4.99 Å². The summed E-state index contributed by atoms with van der Waals surface area (Å²) in [6.45, 7) is 4.70. The molecule has 1 atom stereocenters. The van der Waals surface area contributed by atoms with Gasteiger partial charge in [0.05, 0.1) is 6.10 Å². The average molecular weight is 189 g/mol. The van der Waals surface area contributed by atoms with Crippen LogP contribution in [0.5, 0.6) is 0 Å². The van der Waals surface area contributed by atoms with Crippen molar-refractivity contribution in [2.75, 3.05) is 6.54 Å². The van der Waals surface area contributed by atoms with E-state index in [1.54, 1.807) is 0 Å². The minimum atomic E-state index is -0.379. The molecule has 74 valence electrons. The first-order valence-electron chi connectivity index (χ1n) is 5.01. The predicted octanol–water partition coefficient (Wildman–Crippen LogP) is 2.11. The van der Waals surface area contributed by atoms with E-state index in [2.05, 4.69) is 11.1 Å². The van der Waals surface area contributed by atoms with Crippen LogP contribution in [-0.4, -0.2) is 17.4 Å². The number of fused-ring (bicyclic) bond motifs is 1. The Morgan fingerprint density at radius 3 is 2.93 bits per heavy atom. The summed E-state index contributed by atoms with van der Waals surface area (Å²) < 4.78 is 0. The van der Waals surface area contributed by atoms with Crippen molar-refractivity contribution in [3.8, 4) is 0 Å². The van der Waals surface area contributed by atoms with E-state index in [4.69, 9.17) is 0 Å². The van der Waals surface area contributed by atoms with Gasteiger partial charge in [-0.05, 0) is 37.0 Å². The van der Waals surface area contributed by atoms with E-state index in [-0.39, 0.29) is 6.10 Å². The van der Waals surface area contributed by atoms with Gasteiger partial charge in [0.15, 0.2) is 0 Å². The van der Waals surface area contributed by atoms with E-state index in [1.165, 1.54) is 11.1 Å². The number of aliphatic hydroxyl groups is 1. The Bertz CT molecular complexity index is 380. The highest BCUT2D eigenvalue weighted by Crippen LogP contribution is 2.24. The number of aliphatic imine (C=N–C) groups is 1. The van der Waals surface area contributed by atoms with Crippen LogP contribution in [0.15, 0.2) is 23.2 Å². The van der Waals surface area contributed by atoms with Crippen LogP contribution in [0.4, 0.5) is 0 Å². The van der Waals surface area contributed by atoms with Crippen LogP contribution in [0.1, 0.15) is 36.6 Å². The van der Waals surface area contributed by atoms with Crippen LogP contribution in [-0.2, 0) is 6.42 Å². The topological polar surface area (TPSA) is 32.6 Å². The Kier molecular flexibility index (Phi) is 2.38. The van der Waals surface area contributed by atoms with Gasteiger partial charge in [-0.1, -0.05) is 18.2 Å². The number of hydrogen-bond donors (Lipinski definition) is 1. The molecule has 0 radical (unpaired) electrons. The second-order valence-corrected chi connectivity index (χ2v) is 3.77. The molecule has 1 N–H and O–H groups in total. The summed E-state index contributed by atoms with van der Waals surface area (Å²) >= 11 is 0. The van der Waals surface area contributed by atoms with E-state index in [9.17, 15) is 5.11 Å². The molecule has 0 spiro atoms. The minimum Gasteiger partial charge on any atom is -0.389 e. The lowest BCUT2D eigenvalue weighted by molar-refractivity contribution is 0.198. The van der Waals surface area contributed by atoms with Gasteiger partial charge >= 0.3 is 0 Å². The number of hydrogen-bond acceptors (Lipinski definition) is 2. The monoisotopic (exact) mass is 189 g/mol. The highest BCUT2D eigenvalue weighted by Gasteiger charge is 2.15. The van der Waals surface area contributed by atoms with Crippen LogP contribution >= 0.6 is 0 Å². The summed E-state index contributed by atoms with van der Waals surface area (Å²) in [5.74, 6) is 0. The maximum atomic E-state index is 9.63. The molecule has 0 aromatic heterocycles. The molecule has 2 nitrogen and oxygen atoms in total. The molecule has 0 fully saturated rings. The van der Waals surface area contributed by atoms with Gasteiger partial charge in [0, 0.05) is 12.3 Å². The molecule has 2 heteroatoms. The summed E-state index contributed by atoms with van der Waals surface area (Å²) in [5.41, 5.74) is 4.62. The van der Waals surface area contributed by atoms with Gasteiger partial charge in [0.1, 0.15) is 0 Å². The zero-order valence-corrected chi connectivity index (χ0v) is 8.62. The quantitative estimate of drug-likeness (QED) is 0.721. The van der Waals surface area contributed by atoms with Crippen LogP contribution in [0, 0.1) is 0 Å². The molecule has 14 heavy (non-hydrogen) atoms. The first kappa shape index (κ1) is 9.41. The first-order chi connectivity index (χ1) is 6.70. The highest BCUT2D eigenvalue weighted by atomic mass is 16.3. The van der Waals surface area contributed by atoms with Crippen molar-refractivity contribution in [3.63, 3.8) is 0 Å². The van der Waals surface area contributed by atoms with Gasteiger partial charge in [-0.25, -0.2) is 0 Å². The maximum Gasteiger partial charge on any atom is 0.0764 e. The van der Waals surface area contributed by atoms with Gasteiger partial charge in [0.25, 0.3) is 0 Å². The molecule has 0 saturated heterocycles. The van der Waals surface area contributed by atoms with Crippen molar-refractivity contribution < 1.29 is 5.11 Å². The Morgan fingerprint density at radius 1 is 1.43 bits per heavy atom. The van der Waals surface area contributed by atoms with E-state index in [0.29, 0.717) is 0 Å². The molecule has 1 heterocycles. The minimum absolute atomic E-state index is 0.379. The molecule has 2 rings (SSSR count). The molecule has 1 aliphatic heterocycles. The fraction of sp³-hybridized carbons (Fsp3) is 0.417. The lowest BCUT2D eigenvalue weighted by atomic mass is 9.91. The second kappa shape index (κ2) is 3.54. The third kappa shape index (κ3) is 1.46. The van der Waals surface area contributed by atoms with E-state index in [0.717, 1.165) is 24.2 Å². The summed E-state index contributed by atoms with van der Waals surface area (Å²) in [5, 5.41) is 9.63. The number of nitrogens with zero attached hydrogens (tertiary/aromatic N) is 1. The Hall–Kier alpha value is -1.15. The fourth-order valence-corrected chi connectivity index (χ4v) is 2.03. The first-order valence-corrected chi connectivity index (χ1v) is 5.01. The van der Waals surface area contributed by atoms with Gasteiger partial charge in [0.2, 0.25) is 0 Å². The number of benzene rings is 1. The van der Waals surface area contributed by atoms with Gasteiger partial charge in [-0.3, -0.25) is 4.99 Å². The standard InChI is InChI=1S/C12H15NO/c1-8-10-4-3-5-11(9(2)14)12(10)6-7-13-8/h3-5,9,14H,6-7H2,1-2H3. The Morgan fingerprint density at radius 2 is 2.21 bits per heavy atom. The predicted molar refractivity (Wildman–Crippen MR) is 57.9 cm³/mol. The maximum absolute atomic E-state index is 9.63. The zero-order chi connectivity index (χ0) is 10.1. The van der Waals surface area contributed by atoms with Crippen molar-refractivity contribution in [1.29, 1.82) is 0 Å². The van der Waals surface area contributed by atoms with Crippen molar-refractivity contribution in [2.45, 2.75) is 26.4 Å². The molecule has 1 aromatic carbocycles. The normalized spacial score (nSPS) is 17.2. The average Bonchev–Trinajstić information content (AvgIpc) is 2.17. The van der Waals surface area contributed by atoms with Crippen molar-refractivity contribution in [3.05, 3.63) is 34.9 Å². The third-order valence-corrected chi connectivity index (χ3v) is 2.76. The smallest absolute Gasteiger partial charge is 0.0764 e. The van der Waals surface area contributed by atoms with E-state index < -0.39 is 0 Å². The van der Waals surface area contributed by atoms with Crippen LogP contribution in [0.2, 0.25) is 0 Å². The summed E-state index contributed by atoms with van der Waals surface area (Å²) in [6.07, 6.45) is 0.573. The second-order valence-electron chi connectivity index (χ2n) is 3.77. The molecule has 1 aromatic rings. The molecule has 0 aliphatic carbocycles. The van der Waals surface area contributed by atoms with Crippen LogP contribution in [0.3, 0.4) is 0 Å². The molecule has 0 bridgehead atoms. The Balaban J connectivity index is 2.57. The SMILES string of the molecule is CC1=NCCc2c1cccc2C(C)O. The summed E-state index contributed by atoms with van der Waals surface area (Å²) in [6, 6.07) is 6.08. The van der Waals surface area contributed by atoms with Crippen LogP contribution < -0.4 is 0 Å². The largest absolute Gasteiger partial charge is 0.389 e.